The second kappa shape index (κ2) is 7.86. The number of ether oxygens (including phenoxy) is 2. The molecule has 0 atom stereocenters. The van der Waals surface area contributed by atoms with Crippen LogP contribution in [0.3, 0.4) is 0 Å². The van der Waals surface area contributed by atoms with Crippen LogP contribution in [0.15, 0.2) is 54.7 Å². The maximum Gasteiger partial charge on any atom is 0.416 e. The lowest BCUT2D eigenvalue weighted by Gasteiger charge is -2.11. The quantitative estimate of drug-likeness (QED) is 0.635. The number of hydrogen-bond acceptors (Lipinski definition) is 6. The fourth-order valence-corrected chi connectivity index (χ4v) is 2.82. The number of anilines is 2. The topological polar surface area (TPSA) is 68.3 Å². The van der Waals surface area contributed by atoms with Crippen LogP contribution in [0.25, 0.3) is 0 Å². The Kier molecular flexibility index (Phi) is 5.11. The van der Waals surface area contributed by atoms with Gasteiger partial charge in [0, 0.05) is 19.3 Å². The van der Waals surface area contributed by atoms with Gasteiger partial charge in [0.15, 0.2) is 11.5 Å². The molecule has 4 rings (SSSR count). The summed E-state index contributed by atoms with van der Waals surface area (Å²) in [5.74, 6) is 2.31. The van der Waals surface area contributed by atoms with E-state index in [1.165, 1.54) is 6.07 Å². The summed E-state index contributed by atoms with van der Waals surface area (Å²) in [5, 5.41) is 6.13. The molecule has 1 aliphatic rings. The van der Waals surface area contributed by atoms with Crippen LogP contribution < -0.4 is 20.1 Å². The fourth-order valence-electron chi connectivity index (χ4n) is 2.82. The van der Waals surface area contributed by atoms with Crippen LogP contribution in [-0.4, -0.2) is 16.8 Å². The van der Waals surface area contributed by atoms with Crippen molar-refractivity contribution in [3.8, 4) is 11.5 Å². The standard InChI is InChI=1S/C20H17F3N4O2/c21-20(22,23)15-3-1-2-13(8-15)10-25-18-6-7-24-19(27-18)26-11-14-4-5-16-17(9-14)29-12-28-16/h1-9H,10-12H2,(H2,24,25,26,27). The van der Waals surface area contributed by atoms with Gasteiger partial charge in [-0.1, -0.05) is 18.2 Å². The Labute approximate surface area is 164 Å². The van der Waals surface area contributed by atoms with Crippen LogP contribution in [0.2, 0.25) is 0 Å². The lowest BCUT2D eigenvalue weighted by atomic mass is 10.1. The van der Waals surface area contributed by atoms with E-state index in [9.17, 15) is 13.2 Å². The van der Waals surface area contributed by atoms with Gasteiger partial charge in [-0.05, 0) is 41.5 Å². The van der Waals surface area contributed by atoms with E-state index in [2.05, 4.69) is 20.6 Å². The van der Waals surface area contributed by atoms with Crippen LogP contribution in [0, 0.1) is 0 Å². The van der Waals surface area contributed by atoms with Crippen LogP contribution in [0.5, 0.6) is 11.5 Å². The maximum absolute atomic E-state index is 12.8. The van der Waals surface area contributed by atoms with Gasteiger partial charge in [0.2, 0.25) is 12.7 Å². The van der Waals surface area contributed by atoms with Crippen molar-refractivity contribution in [3.63, 3.8) is 0 Å². The highest BCUT2D eigenvalue weighted by Gasteiger charge is 2.30. The minimum Gasteiger partial charge on any atom is -0.454 e. The molecule has 0 unspecified atom stereocenters. The van der Waals surface area contributed by atoms with Crippen molar-refractivity contribution in [2.75, 3.05) is 17.4 Å². The Hall–Kier alpha value is -3.49. The normalized spacial score (nSPS) is 12.7. The minimum atomic E-state index is -4.36. The molecule has 9 heteroatoms. The lowest BCUT2D eigenvalue weighted by molar-refractivity contribution is -0.137. The van der Waals surface area contributed by atoms with Crippen molar-refractivity contribution in [1.82, 2.24) is 9.97 Å². The number of nitrogens with zero attached hydrogens (tertiary/aromatic N) is 2. The second-order valence-corrected chi connectivity index (χ2v) is 6.36. The number of benzene rings is 2. The molecule has 0 amide bonds. The van der Waals surface area contributed by atoms with Crippen molar-refractivity contribution < 1.29 is 22.6 Å². The largest absolute Gasteiger partial charge is 0.454 e. The van der Waals surface area contributed by atoms with Gasteiger partial charge in [-0.2, -0.15) is 18.2 Å². The first-order chi connectivity index (χ1) is 14.0. The molecule has 1 aromatic heterocycles. The van der Waals surface area contributed by atoms with E-state index in [4.69, 9.17) is 9.47 Å². The molecule has 0 aliphatic carbocycles. The first-order valence-electron chi connectivity index (χ1n) is 8.83. The van der Waals surface area contributed by atoms with E-state index in [1.54, 1.807) is 18.3 Å². The monoisotopic (exact) mass is 402 g/mol. The zero-order valence-electron chi connectivity index (χ0n) is 15.2. The van der Waals surface area contributed by atoms with Gasteiger partial charge >= 0.3 is 6.18 Å². The summed E-state index contributed by atoms with van der Waals surface area (Å²) < 4.78 is 49.1. The van der Waals surface area contributed by atoms with Gasteiger partial charge in [-0.3, -0.25) is 0 Å². The van der Waals surface area contributed by atoms with E-state index in [1.807, 2.05) is 18.2 Å². The molecular formula is C20H17F3N4O2. The minimum absolute atomic E-state index is 0.211. The molecule has 2 heterocycles. The van der Waals surface area contributed by atoms with Gasteiger partial charge in [-0.25, -0.2) is 4.98 Å². The Morgan fingerprint density at radius 3 is 2.55 bits per heavy atom. The first kappa shape index (κ1) is 18.9. The van der Waals surface area contributed by atoms with Crippen molar-refractivity contribution >= 4 is 11.8 Å². The van der Waals surface area contributed by atoms with Crippen molar-refractivity contribution in [2.45, 2.75) is 19.3 Å². The number of aromatic nitrogens is 2. The maximum atomic E-state index is 12.8. The Morgan fingerprint density at radius 1 is 0.897 bits per heavy atom. The third kappa shape index (κ3) is 4.68. The average Bonchev–Trinajstić information content (AvgIpc) is 3.18. The molecule has 0 radical (unpaired) electrons. The molecule has 0 spiro atoms. The predicted octanol–water partition coefficient (Wildman–Crippen LogP) is 4.45. The highest BCUT2D eigenvalue weighted by atomic mass is 19.4. The molecule has 0 saturated carbocycles. The van der Waals surface area contributed by atoms with Crippen LogP contribution in [-0.2, 0) is 19.3 Å². The van der Waals surface area contributed by atoms with E-state index in [0.717, 1.165) is 17.7 Å². The molecule has 1 aliphatic heterocycles. The van der Waals surface area contributed by atoms with Crippen LogP contribution >= 0.6 is 0 Å². The molecule has 0 fully saturated rings. The molecule has 6 nitrogen and oxygen atoms in total. The van der Waals surface area contributed by atoms with E-state index >= 15 is 0 Å². The summed E-state index contributed by atoms with van der Waals surface area (Å²) in [7, 11) is 0. The SMILES string of the molecule is FC(F)(F)c1cccc(CNc2ccnc(NCc3ccc4c(c3)OCO4)n2)c1. The summed E-state index contributed by atoms with van der Waals surface area (Å²) in [5.41, 5.74) is 0.805. The lowest BCUT2D eigenvalue weighted by Crippen LogP contribution is -2.08. The van der Waals surface area contributed by atoms with Crippen LogP contribution in [0.1, 0.15) is 16.7 Å². The summed E-state index contributed by atoms with van der Waals surface area (Å²) in [4.78, 5) is 8.50. The van der Waals surface area contributed by atoms with Gasteiger partial charge in [-0.15, -0.1) is 0 Å². The predicted molar refractivity (Wildman–Crippen MR) is 101 cm³/mol. The zero-order valence-corrected chi connectivity index (χ0v) is 15.2. The number of fused-ring (bicyclic) bond motifs is 1. The Bertz CT molecular complexity index is 1010. The second-order valence-electron chi connectivity index (χ2n) is 6.36. The summed E-state index contributed by atoms with van der Waals surface area (Å²) in [6.45, 7) is 0.908. The molecule has 0 saturated heterocycles. The van der Waals surface area contributed by atoms with Crippen molar-refractivity contribution in [2.24, 2.45) is 0 Å². The smallest absolute Gasteiger partial charge is 0.416 e. The van der Waals surface area contributed by atoms with Gasteiger partial charge in [0.1, 0.15) is 5.82 Å². The van der Waals surface area contributed by atoms with Gasteiger partial charge in [0.25, 0.3) is 0 Å². The summed E-state index contributed by atoms with van der Waals surface area (Å²) in [6.07, 6.45) is -2.79. The van der Waals surface area contributed by atoms with E-state index < -0.39 is 11.7 Å². The number of nitrogens with one attached hydrogen (secondary N) is 2. The van der Waals surface area contributed by atoms with Gasteiger partial charge < -0.3 is 20.1 Å². The zero-order chi connectivity index (χ0) is 20.3. The molecule has 2 aromatic carbocycles. The first-order valence-corrected chi connectivity index (χ1v) is 8.83. The van der Waals surface area contributed by atoms with Crippen LogP contribution in [0.4, 0.5) is 24.9 Å². The molecule has 150 valence electrons. The number of alkyl halides is 3. The third-order valence-electron chi connectivity index (χ3n) is 4.27. The summed E-state index contributed by atoms with van der Waals surface area (Å²) >= 11 is 0. The van der Waals surface area contributed by atoms with Crippen molar-refractivity contribution in [3.05, 3.63) is 71.4 Å². The average molecular weight is 402 g/mol. The molecular weight excluding hydrogens is 385 g/mol. The van der Waals surface area contributed by atoms with Gasteiger partial charge in [0.05, 0.1) is 5.56 Å². The molecule has 3 aromatic rings. The van der Waals surface area contributed by atoms with E-state index in [-0.39, 0.29) is 13.3 Å². The highest BCUT2D eigenvalue weighted by Crippen LogP contribution is 2.32. The molecule has 29 heavy (non-hydrogen) atoms. The Morgan fingerprint density at radius 2 is 1.69 bits per heavy atom. The van der Waals surface area contributed by atoms with Crippen molar-refractivity contribution in [1.29, 1.82) is 0 Å². The summed E-state index contributed by atoms with van der Waals surface area (Å²) in [6, 6.07) is 12.5. The van der Waals surface area contributed by atoms with E-state index in [0.29, 0.717) is 35.4 Å². The Balaban J connectivity index is 1.36. The number of halogens is 3. The number of rotatable bonds is 6. The number of hydrogen-bond donors (Lipinski definition) is 2. The highest BCUT2D eigenvalue weighted by molar-refractivity contribution is 5.46. The third-order valence-corrected chi connectivity index (χ3v) is 4.27. The fraction of sp³-hybridized carbons (Fsp3) is 0.200. The molecule has 2 N–H and O–H groups in total. The molecule has 0 bridgehead atoms.